The third kappa shape index (κ3) is 13.8. The van der Waals surface area contributed by atoms with Crippen LogP contribution in [0, 0.1) is 44.0 Å². The van der Waals surface area contributed by atoms with Gasteiger partial charge >= 0.3 is 17.1 Å². The van der Waals surface area contributed by atoms with Gasteiger partial charge < -0.3 is 42.5 Å². The van der Waals surface area contributed by atoms with Gasteiger partial charge in [0.05, 0.1) is 76.6 Å². The molecule has 124 heavy (non-hydrogen) atoms. The number of aromatic amines is 2. The summed E-state index contributed by atoms with van der Waals surface area (Å²) in [5.41, 5.74) is 21.8. The zero-order chi connectivity index (χ0) is 91.5. The van der Waals surface area contributed by atoms with Gasteiger partial charge in [-0.05, 0) is 271 Å². The first-order valence-electron chi connectivity index (χ1n) is 40.5. The van der Waals surface area contributed by atoms with Gasteiger partial charge in [-0.15, -0.1) is 0 Å². The number of aliphatic hydroxyl groups is 3. The Kier molecular flexibility index (Phi) is 19.7. The van der Waals surface area contributed by atoms with Gasteiger partial charge in [-0.2, -0.15) is 0 Å². The van der Waals surface area contributed by atoms with Gasteiger partial charge in [0, 0.05) is 44.5 Å². The van der Waals surface area contributed by atoms with Gasteiger partial charge in [-0.1, -0.05) is 132 Å². The standard InChI is InChI=1S/C33H27F2N3O4.2C32H25ClFN3O4/c1-16-19(7-6-10-26(16)38-31(40)21-8-5-9-24(34)29(21)37(4)32(38)41)28-25(35)15-23(30(36)39)22-14-17-13-18(33(2,3)42)11-12-20(17)27(22)28;2*1-15-18(6-5-9-25(15)37-30(39)20-7-4-8-23(33)28(20)36-31(37)40)27-24(34)14-22(29(35)38)21-13-16-12-17(32(2,3)41)10-11-19(16)26(21)27/h5-13,15,42H,14H2,1-4H3,(H2,36,39);2*4-12,14,41H,13H2,1-3H3,(H2,35,38)(H,36,40)/i4D3;;. The molecule has 21 nitrogen and oxygen atoms in total. The largest absolute Gasteiger partial charge is 0.386 e. The molecule has 0 atom stereocenters. The van der Waals surface area contributed by atoms with Crippen LogP contribution in [0.15, 0.2) is 211 Å². The highest BCUT2D eigenvalue weighted by Crippen LogP contribution is 2.52. The van der Waals surface area contributed by atoms with Gasteiger partial charge in [0.1, 0.15) is 23.3 Å². The molecule has 12 aromatic carbocycles. The van der Waals surface area contributed by atoms with Crippen LogP contribution < -0.4 is 50.9 Å². The molecule has 0 unspecified atom stereocenters. The zero-order valence-corrected chi connectivity index (χ0v) is 69.3. The Morgan fingerprint density at radius 2 is 0.702 bits per heavy atom. The van der Waals surface area contributed by atoms with E-state index < -0.39 is 104 Å². The predicted octanol–water partition coefficient (Wildman–Crippen LogP) is 15.5. The number of nitrogens with zero attached hydrogens (tertiary/aromatic N) is 4. The Balaban J connectivity index is 0.000000140. The number of carbonyl (C=O) groups excluding carboxylic acids is 3. The van der Waals surface area contributed by atoms with Gasteiger partial charge in [0.15, 0.2) is 0 Å². The summed E-state index contributed by atoms with van der Waals surface area (Å²) in [6.45, 7) is 11.8. The van der Waals surface area contributed by atoms with Crippen LogP contribution in [-0.2, 0) is 43.0 Å². The quantitative estimate of drug-likeness (QED) is 0.0529. The monoisotopic (exact) mass is 1710 g/mol. The number of fused-ring (bicyclic) bond motifs is 12. The first-order valence-corrected chi connectivity index (χ1v) is 39.7. The molecule has 27 heteroatoms. The number of aryl methyl sites for hydroxylation is 1. The summed E-state index contributed by atoms with van der Waals surface area (Å²) in [6, 6.07) is 46.8. The van der Waals surface area contributed by atoms with Crippen molar-refractivity contribution in [2.24, 2.45) is 24.2 Å². The van der Waals surface area contributed by atoms with Crippen molar-refractivity contribution in [3.05, 3.63) is 361 Å². The summed E-state index contributed by atoms with van der Waals surface area (Å²) < 4.78 is 89.9. The second-order valence-electron chi connectivity index (χ2n) is 32.5. The topological polar surface area (TPSA) is 344 Å². The number of H-pyrrole nitrogens is 2. The van der Waals surface area contributed by atoms with E-state index in [1.807, 2.05) is 24.3 Å². The molecule has 0 fully saturated rings. The number of aromatic nitrogens is 6. The van der Waals surface area contributed by atoms with Gasteiger partial charge in [0.25, 0.3) is 16.7 Å². The van der Waals surface area contributed by atoms with Crippen molar-refractivity contribution in [3.63, 3.8) is 0 Å². The molecule has 0 saturated carbocycles. The highest BCUT2D eigenvalue weighted by atomic mass is 35.5. The SMILES string of the molecule is Cc1c(-c2c(F)cc(C(N)=O)c3c2-c2ccc(C(C)(C)O)cc2C3)cccc1-n1c(=O)[nH]c2c(Cl)cccc2c1=O.Cc1c(-c2c(F)cc(C(N)=O)c3c2-c2ccc(C(C)(C)O)cc2C3)cccc1-n1c(=O)[nH]c2c(Cl)cccc2c1=O.[2H]C([2H])([2H])n1c(=O)n(-c2cccc(-c3c(F)cc(C(N)=O)c4c3-c3ccc(C(C)(C)O)cc3C4)c2C)c(=O)c2cccc(F)c21. The zero-order valence-electron chi connectivity index (χ0n) is 70.7. The highest BCUT2D eigenvalue weighted by molar-refractivity contribution is 6.35. The molecule has 0 aliphatic heterocycles. The van der Waals surface area contributed by atoms with Crippen LogP contribution in [0.4, 0.5) is 17.6 Å². The molecule has 3 heterocycles. The average Bonchev–Trinajstić information content (AvgIpc) is 1.71. The van der Waals surface area contributed by atoms with Crippen molar-refractivity contribution >= 4 is 73.6 Å². The van der Waals surface area contributed by atoms with E-state index in [0.29, 0.717) is 106 Å². The maximum atomic E-state index is 16.2. The molecule has 11 N–H and O–H groups in total. The highest BCUT2D eigenvalue weighted by Gasteiger charge is 2.37. The summed E-state index contributed by atoms with van der Waals surface area (Å²) in [5.74, 6) is -5.48. The number of hydrogen-bond donors (Lipinski definition) is 8. The Morgan fingerprint density at radius 3 is 1.02 bits per heavy atom. The number of halogens is 6. The fraction of sp³-hybridized carbons (Fsp3) is 0.165. The van der Waals surface area contributed by atoms with Crippen molar-refractivity contribution in [1.29, 1.82) is 0 Å². The number of benzene rings is 12. The fourth-order valence-electron chi connectivity index (χ4n) is 17.4. The first-order chi connectivity index (χ1) is 59.8. The van der Waals surface area contributed by atoms with Crippen LogP contribution in [0.3, 0.4) is 0 Å². The Bertz CT molecular complexity index is 7530. The minimum atomic E-state index is -3.14. The number of para-hydroxylation sites is 3. The average molecular weight is 1710 g/mol. The summed E-state index contributed by atoms with van der Waals surface area (Å²) >= 11 is 12.4. The molecule has 0 spiro atoms. The van der Waals surface area contributed by atoms with E-state index >= 15 is 13.2 Å². The molecule has 3 aromatic heterocycles. The molecule has 0 radical (unpaired) electrons. The van der Waals surface area contributed by atoms with E-state index in [0.717, 1.165) is 50.1 Å². The Labute approximate surface area is 717 Å². The maximum Gasteiger partial charge on any atom is 0.335 e. The van der Waals surface area contributed by atoms with E-state index in [9.17, 15) is 62.9 Å². The lowest BCUT2D eigenvalue weighted by Crippen LogP contribution is -2.38. The van der Waals surface area contributed by atoms with Crippen LogP contribution >= 0.6 is 23.2 Å². The minimum Gasteiger partial charge on any atom is -0.386 e. The smallest absolute Gasteiger partial charge is 0.335 e. The van der Waals surface area contributed by atoms with E-state index in [1.54, 1.807) is 172 Å². The lowest BCUT2D eigenvalue weighted by molar-refractivity contribution is 0.0780. The molecule has 15 aromatic rings. The molecule has 0 saturated heterocycles. The van der Waals surface area contributed by atoms with Crippen LogP contribution in [-0.4, -0.2) is 61.3 Å². The summed E-state index contributed by atoms with van der Waals surface area (Å²) in [5, 5.41) is 32.3. The van der Waals surface area contributed by atoms with Crippen molar-refractivity contribution in [2.75, 3.05) is 0 Å². The molecular weight excluding hydrogens is 1630 g/mol. The summed E-state index contributed by atoms with van der Waals surface area (Å²) in [4.78, 5) is 123. The number of nitrogens with one attached hydrogen (secondary N) is 2. The van der Waals surface area contributed by atoms with Crippen LogP contribution in [0.2, 0.25) is 10.0 Å². The maximum absolute atomic E-state index is 16.2. The second kappa shape index (κ2) is 30.6. The first kappa shape index (κ1) is 79.8. The van der Waals surface area contributed by atoms with Crippen molar-refractivity contribution in [2.45, 2.75) is 98.4 Å². The molecule has 624 valence electrons. The van der Waals surface area contributed by atoms with E-state index in [2.05, 4.69) is 9.97 Å². The number of primary amides is 3. The predicted molar refractivity (Wildman–Crippen MR) is 472 cm³/mol. The lowest BCUT2D eigenvalue weighted by Gasteiger charge is -2.20. The number of carbonyl (C=O) groups is 3. The third-order valence-corrected chi connectivity index (χ3v) is 24.2. The third-order valence-electron chi connectivity index (χ3n) is 23.5. The van der Waals surface area contributed by atoms with Gasteiger partial charge in [-0.25, -0.2) is 45.6 Å². The van der Waals surface area contributed by atoms with Gasteiger partial charge in [0.2, 0.25) is 17.7 Å². The normalized spacial score (nSPS) is 12.9. The van der Waals surface area contributed by atoms with Crippen molar-refractivity contribution in [3.8, 4) is 83.8 Å². The number of nitrogens with two attached hydrogens (primary N) is 3. The summed E-state index contributed by atoms with van der Waals surface area (Å²) in [6.07, 6.45) is 0.880. The van der Waals surface area contributed by atoms with Gasteiger partial charge in [-0.3, -0.25) is 33.3 Å². The molecular formula is C97H77Cl2F4N9O12. The fourth-order valence-corrected chi connectivity index (χ4v) is 17.9. The summed E-state index contributed by atoms with van der Waals surface area (Å²) in [7, 11) is 0. The molecule has 18 rings (SSSR count). The van der Waals surface area contributed by atoms with Crippen LogP contribution in [0.1, 0.15) is 143 Å². The van der Waals surface area contributed by atoms with Crippen LogP contribution in [0.5, 0.6) is 0 Å². The molecule has 3 aliphatic rings. The van der Waals surface area contributed by atoms with Crippen LogP contribution in [0.25, 0.3) is 117 Å². The number of hydrogen-bond acceptors (Lipinski definition) is 12. The minimum absolute atomic E-state index is 0.00518. The van der Waals surface area contributed by atoms with E-state index in [1.165, 1.54) is 24.3 Å². The van der Waals surface area contributed by atoms with E-state index in [-0.39, 0.29) is 110 Å². The Hall–Kier alpha value is -14.0. The Morgan fingerprint density at radius 1 is 0.395 bits per heavy atom. The van der Waals surface area contributed by atoms with Crippen molar-refractivity contribution < 1.29 is 51.4 Å². The number of amides is 3. The lowest BCUT2D eigenvalue weighted by atomic mass is 9.88. The molecule has 3 amide bonds. The van der Waals surface area contributed by atoms with Crippen molar-refractivity contribution in [1.82, 2.24) is 28.2 Å². The number of rotatable bonds is 12. The second-order valence-corrected chi connectivity index (χ2v) is 33.3. The molecule has 0 bridgehead atoms. The molecule has 3 aliphatic carbocycles. The van der Waals surface area contributed by atoms with E-state index in [4.69, 9.17) is 44.5 Å².